The molecule has 0 saturated carbocycles. The molecule has 2 aromatic carbocycles. The van der Waals surface area contributed by atoms with E-state index >= 15 is 0 Å². The summed E-state index contributed by atoms with van der Waals surface area (Å²) < 4.78 is 35.2. The average Bonchev–Trinajstić information content (AvgIpc) is 3.08. The molecule has 0 aliphatic carbocycles. The minimum atomic E-state index is -3.95. The van der Waals surface area contributed by atoms with Crippen molar-refractivity contribution < 1.29 is 22.7 Å². The van der Waals surface area contributed by atoms with Crippen molar-refractivity contribution in [1.29, 1.82) is 0 Å². The van der Waals surface area contributed by atoms with Crippen molar-refractivity contribution in [2.45, 2.75) is 18.4 Å². The van der Waals surface area contributed by atoms with Crippen LogP contribution in [0, 0.1) is 0 Å². The number of benzene rings is 2. The summed E-state index contributed by atoms with van der Waals surface area (Å²) in [5.74, 6) is -0.357. The summed E-state index contributed by atoms with van der Waals surface area (Å²) in [4.78, 5) is 37.9. The van der Waals surface area contributed by atoms with Gasteiger partial charge in [-0.1, -0.05) is 23.5 Å². The summed E-state index contributed by atoms with van der Waals surface area (Å²) in [7, 11) is -3.95. The van der Waals surface area contributed by atoms with Crippen LogP contribution >= 0.6 is 11.3 Å². The lowest BCUT2D eigenvalue weighted by Gasteiger charge is -2.26. The minimum absolute atomic E-state index is 0.0221. The van der Waals surface area contributed by atoms with Gasteiger partial charge in [0.25, 0.3) is 10.0 Å². The topological polar surface area (TPSA) is 115 Å². The fourth-order valence-electron chi connectivity index (χ4n) is 3.43. The van der Waals surface area contributed by atoms with Gasteiger partial charge in [-0.15, -0.1) is 0 Å². The third kappa shape index (κ3) is 4.59. The minimum Gasteiger partial charge on any atom is -0.378 e. The Morgan fingerprint density at radius 2 is 1.88 bits per heavy atom. The van der Waals surface area contributed by atoms with Gasteiger partial charge in [0.2, 0.25) is 5.91 Å². The van der Waals surface area contributed by atoms with Crippen LogP contribution < -0.4 is 9.60 Å². The van der Waals surface area contributed by atoms with Crippen molar-refractivity contribution in [3.05, 3.63) is 57.7 Å². The number of fused-ring (bicyclic) bond motifs is 1. The molecule has 11 heteroatoms. The van der Waals surface area contributed by atoms with E-state index in [0.29, 0.717) is 42.1 Å². The van der Waals surface area contributed by atoms with Gasteiger partial charge >= 0.3 is 4.87 Å². The zero-order valence-corrected chi connectivity index (χ0v) is 18.9. The van der Waals surface area contributed by atoms with Crippen LogP contribution in [0.5, 0.6) is 0 Å². The Labute approximate surface area is 188 Å². The highest BCUT2D eigenvalue weighted by Crippen LogP contribution is 2.24. The maximum absolute atomic E-state index is 12.9. The predicted octanol–water partition coefficient (Wildman–Crippen LogP) is 1.93. The molecule has 2 heterocycles. The molecule has 1 aliphatic rings. The first-order valence-corrected chi connectivity index (χ1v) is 12.2. The Balaban J connectivity index is 1.60. The summed E-state index contributed by atoms with van der Waals surface area (Å²) in [6, 6.07) is 10.5. The highest BCUT2D eigenvalue weighted by Gasteiger charge is 2.21. The van der Waals surface area contributed by atoms with Gasteiger partial charge in [-0.3, -0.25) is 23.7 Å². The smallest absolute Gasteiger partial charge is 0.308 e. The number of carbonyl (C=O) groups excluding carboxylic acids is 2. The van der Waals surface area contributed by atoms with E-state index in [1.54, 1.807) is 23.1 Å². The van der Waals surface area contributed by atoms with Crippen molar-refractivity contribution in [1.82, 2.24) is 9.47 Å². The van der Waals surface area contributed by atoms with Gasteiger partial charge in [0.15, 0.2) is 5.78 Å². The second kappa shape index (κ2) is 8.85. The van der Waals surface area contributed by atoms with Crippen LogP contribution in [-0.4, -0.2) is 55.9 Å². The molecule has 32 heavy (non-hydrogen) atoms. The Morgan fingerprint density at radius 1 is 1.12 bits per heavy atom. The molecule has 1 N–H and O–H groups in total. The van der Waals surface area contributed by atoms with Gasteiger partial charge in [-0.25, -0.2) is 8.42 Å². The van der Waals surface area contributed by atoms with Crippen molar-refractivity contribution in [3.63, 3.8) is 0 Å². The van der Waals surface area contributed by atoms with Gasteiger partial charge in [-0.05, 0) is 37.3 Å². The van der Waals surface area contributed by atoms with Crippen molar-refractivity contribution in [2.75, 3.05) is 31.0 Å². The van der Waals surface area contributed by atoms with Crippen LogP contribution in [-0.2, 0) is 26.1 Å². The van der Waals surface area contributed by atoms with Crippen LogP contribution in [0.2, 0.25) is 0 Å². The number of ether oxygens (including phenoxy) is 1. The molecular weight excluding hydrogens is 454 g/mol. The largest absolute Gasteiger partial charge is 0.378 e. The number of sulfonamides is 1. The standard InChI is InChI=1S/C21H21N3O6S2/c1-14(25)15-3-2-4-16(11-15)22-32(28,29)17-5-6-18-19(12-17)31-21(27)24(18)13-20(26)23-7-9-30-10-8-23/h2-6,11-12,22H,7-10,13H2,1H3. The Bertz CT molecular complexity index is 1350. The number of nitrogens with zero attached hydrogens (tertiary/aromatic N) is 2. The highest BCUT2D eigenvalue weighted by atomic mass is 32.2. The molecule has 0 bridgehead atoms. The first-order valence-electron chi connectivity index (χ1n) is 9.87. The zero-order valence-electron chi connectivity index (χ0n) is 17.2. The Morgan fingerprint density at radius 3 is 2.59 bits per heavy atom. The van der Waals surface area contributed by atoms with Gasteiger partial charge in [0.05, 0.1) is 28.3 Å². The Kier molecular flexibility index (Phi) is 6.13. The number of thiazole rings is 1. The van der Waals surface area contributed by atoms with E-state index in [1.165, 1.54) is 35.8 Å². The number of hydrogen-bond acceptors (Lipinski definition) is 7. The molecule has 1 aromatic heterocycles. The highest BCUT2D eigenvalue weighted by molar-refractivity contribution is 7.92. The molecule has 1 fully saturated rings. The van der Waals surface area contributed by atoms with E-state index in [9.17, 15) is 22.8 Å². The van der Waals surface area contributed by atoms with E-state index in [0.717, 1.165) is 11.3 Å². The first-order chi connectivity index (χ1) is 15.2. The van der Waals surface area contributed by atoms with Gasteiger partial charge in [0, 0.05) is 24.3 Å². The maximum atomic E-state index is 12.9. The fourth-order valence-corrected chi connectivity index (χ4v) is 5.51. The summed E-state index contributed by atoms with van der Waals surface area (Å²) in [6.45, 7) is 3.19. The lowest BCUT2D eigenvalue weighted by Crippen LogP contribution is -2.43. The van der Waals surface area contributed by atoms with Crippen LogP contribution in [0.3, 0.4) is 0 Å². The summed E-state index contributed by atoms with van der Waals surface area (Å²) in [6.07, 6.45) is 0. The summed E-state index contributed by atoms with van der Waals surface area (Å²) in [5, 5.41) is 0. The fraction of sp³-hybridized carbons (Fsp3) is 0.286. The number of rotatable bonds is 6. The first kappa shape index (κ1) is 22.2. The van der Waals surface area contributed by atoms with Crippen molar-refractivity contribution >= 4 is 49.0 Å². The zero-order chi connectivity index (χ0) is 22.9. The molecule has 3 aromatic rings. The lowest BCUT2D eigenvalue weighted by atomic mass is 10.1. The van der Waals surface area contributed by atoms with Crippen LogP contribution in [0.1, 0.15) is 17.3 Å². The molecule has 0 radical (unpaired) electrons. The number of carbonyl (C=O) groups is 2. The molecule has 0 unspecified atom stereocenters. The monoisotopic (exact) mass is 475 g/mol. The van der Waals surface area contributed by atoms with E-state index in [-0.39, 0.29) is 33.7 Å². The molecule has 0 spiro atoms. The molecule has 4 rings (SSSR count). The number of ketones is 1. The van der Waals surface area contributed by atoms with Crippen LogP contribution in [0.15, 0.2) is 52.2 Å². The third-order valence-corrected chi connectivity index (χ3v) is 7.45. The number of nitrogens with one attached hydrogen (secondary N) is 1. The number of Topliss-reactive ketones (excluding diaryl/α,β-unsaturated/α-hetero) is 1. The molecule has 1 amide bonds. The second-order valence-electron chi connectivity index (χ2n) is 7.32. The van der Waals surface area contributed by atoms with Crippen LogP contribution in [0.25, 0.3) is 10.2 Å². The van der Waals surface area contributed by atoms with Crippen molar-refractivity contribution in [2.24, 2.45) is 0 Å². The van der Waals surface area contributed by atoms with E-state index in [2.05, 4.69) is 4.72 Å². The van der Waals surface area contributed by atoms with Gasteiger partial charge < -0.3 is 9.64 Å². The van der Waals surface area contributed by atoms with E-state index in [4.69, 9.17) is 4.74 Å². The third-order valence-electron chi connectivity index (χ3n) is 5.13. The number of amides is 1. The maximum Gasteiger partial charge on any atom is 0.308 e. The molecule has 1 aliphatic heterocycles. The molecule has 168 valence electrons. The lowest BCUT2D eigenvalue weighted by molar-refractivity contribution is -0.135. The summed E-state index contributed by atoms with van der Waals surface area (Å²) in [5.41, 5.74) is 1.15. The Hall–Kier alpha value is -3.02. The molecule has 9 nitrogen and oxygen atoms in total. The molecular formula is C21H21N3O6S2. The quantitative estimate of drug-likeness (QED) is 0.545. The molecule has 0 atom stereocenters. The van der Waals surface area contributed by atoms with E-state index < -0.39 is 10.0 Å². The predicted molar refractivity (Wildman–Crippen MR) is 121 cm³/mol. The number of aromatic nitrogens is 1. The number of anilines is 1. The van der Waals surface area contributed by atoms with Crippen molar-refractivity contribution in [3.8, 4) is 0 Å². The average molecular weight is 476 g/mol. The van der Waals surface area contributed by atoms with E-state index in [1.807, 2.05) is 0 Å². The number of hydrogen-bond donors (Lipinski definition) is 1. The second-order valence-corrected chi connectivity index (χ2v) is 9.99. The SMILES string of the molecule is CC(=O)c1cccc(NS(=O)(=O)c2ccc3c(c2)sc(=O)n3CC(=O)N2CCOCC2)c1. The molecule has 1 saturated heterocycles. The van der Waals surface area contributed by atoms with Gasteiger partial charge in [-0.2, -0.15) is 0 Å². The summed E-state index contributed by atoms with van der Waals surface area (Å²) >= 11 is 0.885. The normalized spacial score (nSPS) is 14.5. The van der Waals surface area contributed by atoms with Gasteiger partial charge in [0.1, 0.15) is 6.54 Å². The number of morpholine rings is 1. The van der Waals surface area contributed by atoms with Crippen LogP contribution in [0.4, 0.5) is 5.69 Å².